The normalized spacial score (nSPS) is 10.3. The van der Waals surface area contributed by atoms with Gasteiger partial charge in [-0.05, 0) is 59.7 Å². The van der Waals surface area contributed by atoms with Crippen molar-refractivity contribution in [3.05, 3.63) is 83.4 Å². The summed E-state index contributed by atoms with van der Waals surface area (Å²) in [7, 11) is 1.40. The number of carbonyl (C=O) groups is 3. The number of esters is 2. The number of nitrogens with one attached hydrogen (secondary N) is 2. The number of anilines is 1. The summed E-state index contributed by atoms with van der Waals surface area (Å²) in [5.41, 5.74) is 7.69. The van der Waals surface area contributed by atoms with Crippen molar-refractivity contribution < 1.29 is 28.6 Å². The first-order chi connectivity index (χ1) is 16.3. The number of hydrogen-bond donors (Lipinski definition) is 3. The molecule has 1 amide bonds. The second-order valence-electron chi connectivity index (χ2n) is 7.13. The number of methoxy groups -OCH3 is 1. The minimum atomic E-state index is -0.637. The van der Waals surface area contributed by atoms with Gasteiger partial charge in [-0.15, -0.1) is 0 Å². The van der Waals surface area contributed by atoms with E-state index in [-0.39, 0.29) is 29.5 Å². The lowest BCUT2D eigenvalue weighted by atomic mass is 9.94. The van der Waals surface area contributed by atoms with E-state index in [2.05, 4.69) is 5.32 Å². The monoisotopic (exact) mass is 461 g/mol. The number of hydrogen-bond acceptors (Lipinski definition) is 7. The molecule has 0 aliphatic heterocycles. The van der Waals surface area contributed by atoms with Crippen LogP contribution in [0.4, 0.5) is 5.69 Å². The molecule has 0 aromatic heterocycles. The van der Waals surface area contributed by atoms with E-state index in [1.165, 1.54) is 32.2 Å². The van der Waals surface area contributed by atoms with Gasteiger partial charge in [0.25, 0.3) is 5.91 Å². The van der Waals surface area contributed by atoms with E-state index in [4.69, 9.17) is 25.4 Å². The third kappa shape index (κ3) is 5.84. The molecular weight excluding hydrogens is 438 g/mol. The Labute approximate surface area is 196 Å². The van der Waals surface area contributed by atoms with Crippen LogP contribution >= 0.6 is 0 Å². The minimum absolute atomic E-state index is 0.0850. The summed E-state index contributed by atoms with van der Waals surface area (Å²) in [4.78, 5) is 37.3. The smallest absolute Gasteiger partial charge is 0.340 e. The molecule has 0 aliphatic carbocycles. The highest BCUT2D eigenvalue weighted by atomic mass is 16.7. The molecule has 0 saturated carbocycles. The lowest BCUT2D eigenvalue weighted by Crippen LogP contribution is -2.15. The maximum absolute atomic E-state index is 13.2. The predicted octanol–water partition coefficient (Wildman–Crippen LogP) is 3.58. The van der Waals surface area contributed by atoms with Crippen LogP contribution < -0.4 is 15.8 Å². The van der Waals surface area contributed by atoms with Gasteiger partial charge in [0.1, 0.15) is 11.6 Å². The number of amidine groups is 1. The van der Waals surface area contributed by atoms with Crippen molar-refractivity contribution in [3.8, 4) is 16.9 Å². The van der Waals surface area contributed by atoms with Crippen molar-refractivity contribution in [2.24, 2.45) is 5.73 Å². The van der Waals surface area contributed by atoms with Gasteiger partial charge >= 0.3 is 11.9 Å². The largest absolute Gasteiger partial charge is 0.435 e. The van der Waals surface area contributed by atoms with Gasteiger partial charge in [0.05, 0.1) is 5.56 Å². The average molecular weight is 461 g/mol. The molecule has 9 nitrogen and oxygen atoms in total. The Morgan fingerprint density at radius 2 is 1.65 bits per heavy atom. The molecule has 0 spiro atoms. The standard InChI is InChI=1S/C25H23N3O6/c1-15(29)34-18-11-12-20(24(30)28-17-9-7-16(8-10-17)23(26)27)22(13-18)19-5-3-4-6-21(19)25(31)33-14-32-2/h3-13H,14H2,1-2H3,(H3,26,27)(H,28,30). The molecule has 3 aromatic carbocycles. The lowest BCUT2D eigenvalue weighted by Gasteiger charge is -2.15. The summed E-state index contributed by atoms with van der Waals surface area (Å²) in [5.74, 6) is -1.49. The second kappa shape index (κ2) is 10.9. The molecule has 3 aromatic rings. The molecule has 0 radical (unpaired) electrons. The van der Waals surface area contributed by atoms with Gasteiger partial charge in [0.15, 0.2) is 6.79 Å². The van der Waals surface area contributed by atoms with Gasteiger partial charge in [-0.1, -0.05) is 18.2 Å². The zero-order valence-electron chi connectivity index (χ0n) is 18.6. The topological polar surface area (TPSA) is 141 Å². The summed E-state index contributed by atoms with van der Waals surface area (Å²) >= 11 is 0. The fourth-order valence-electron chi connectivity index (χ4n) is 3.19. The summed E-state index contributed by atoms with van der Waals surface area (Å²) in [6.07, 6.45) is 0. The molecule has 34 heavy (non-hydrogen) atoms. The number of benzene rings is 3. The van der Waals surface area contributed by atoms with Crippen LogP contribution in [0.15, 0.2) is 66.7 Å². The number of nitrogens with two attached hydrogens (primary N) is 1. The highest BCUT2D eigenvalue weighted by Crippen LogP contribution is 2.32. The van der Waals surface area contributed by atoms with E-state index in [1.54, 1.807) is 48.5 Å². The Balaban J connectivity index is 2.04. The lowest BCUT2D eigenvalue weighted by molar-refractivity contribution is -0.131. The van der Waals surface area contributed by atoms with Gasteiger partial charge < -0.3 is 25.3 Å². The minimum Gasteiger partial charge on any atom is -0.435 e. The van der Waals surface area contributed by atoms with Crippen LogP contribution in [0.3, 0.4) is 0 Å². The van der Waals surface area contributed by atoms with Crippen LogP contribution in [0, 0.1) is 5.41 Å². The first kappa shape index (κ1) is 24.1. The number of nitrogen functional groups attached to an aromatic ring is 1. The third-order valence-electron chi connectivity index (χ3n) is 4.70. The van der Waals surface area contributed by atoms with Gasteiger partial charge in [0, 0.05) is 30.8 Å². The Morgan fingerprint density at radius 3 is 2.29 bits per heavy atom. The van der Waals surface area contributed by atoms with E-state index in [0.717, 1.165) is 0 Å². The van der Waals surface area contributed by atoms with Crippen LogP contribution in [-0.2, 0) is 14.3 Å². The molecular formula is C25H23N3O6. The van der Waals surface area contributed by atoms with Gasteiger partial charge in [-0.25, -0.2) is 4.79 Å². The fourth-order valence-corrected chi connectivity index (χ4v) is 3.19. The molecule has 0 aliphatic rings. The molecule has 0 bridgehead atoms. The molecule has 9 heteroatoms. The van der Waals surface area contributed by atoms with Crippen LogP contribution in [0.5, 0.6) is 5.75 Å². The number of ether oxygens (including phenoxy) is 3. The van der Waals surface area contributed by atoms with E-state index >= 15 is 0 Å². The molecule has 3 rings (SSSR count). The van der Waals surface area contributed by atoms with E-state index < -0.39 is 17.8 Å². The summed E-state index contributed by atoms with van der Waals surface area (Å²) < 4.78 is 15.1. The maximum Gasteiger partial charge on any atom is 0.340 e. The fraction of sp³-hybridized carbons (Fsp3) is 0.120. The summed E-state index contributed by atoms with van der Waals surface area (Å²) in [6, 6.07) is 17.6. The molecule has 0 heterocycles. The average Bonchev–Trinajstić information content (AvgIpc) is 2.82. The van der Waals surface area contributed by atoms with Crippen molar-refractivity contribution in [1.29, 1.82) is 5.41 Å². The Morgan fingerprint density at radius 1 is 0.941 bits per heavy atom. The molecule has 0 fully saturated rings. The van der Waals surface area contributed by atoms with Crippen molar-refractivity contribution in [2.45, 2.75) is 6.92 Å². The highest BCUT2D eigenvalue weighted by Gasteiger charge is 2.20. The first-order valence-corrected chi connectivity index (χ1v) is 10.1. The van der Waals surface area contributed by atoms with E-state index in [9.17, 15) is 14.4 Å². The van der Waals surface area contributed by atoms with Crippen molar-refractivity contribution in [1.82, 2.24) is 0 Å². The van der Waals surface area contributed by atoms with Crippen LogP contribution in [0.1, 0.15) is 33.2 Å². The summed E-state index contributed by atoms with van der Waals surface area (Å²) in [5, 5.41) is 10.3. The quantitative estimate of drug-likeness (QED) is 0.153. The predicted molar refractivity (Wildman–Crippen MR) is 126 cm³/mol. The van der Waals surface area contributed by atoms with Crippen molar-refractivity contribution >= 4 is 29.4 Å². The van der Waals surface area contributed by atoms with Crippen LogP contribution in [0.2, 0.25) is 0 Å². The zero-order valence-corrected chi connectivity index (χ0v) is 18.6. The molecule has 0 unspecified atom stereocenters. The molecule has 174 valence electrons. The zero-order chi connectivity index (χ0) is 24.7. The van der Waals surface area contributed by atoms with Gasteiger partial charge in [-0.3, -0.25) is 15.0 Å². The Kier molecular flexibility index (Phi) is 7.73. The first-order valence-electron chi connectivity index (χ1n) is 10.1. The third-order valence-corrected chi connectivity index (χ3v) is 4.70. The van der Waals surface area contributed by atoms with Crippen molar-refractivity contribution in [2.75, 3.05) is 19.2 Å². The van der Waals surface area contributed by atoms with Gasteiger partial charge in [-0.2, -0.15) is 0 Å². The molecule has 4 N–H and O–H groups in total. The highest BCUT2D eigenvalue weighted by molar-refractivity contribution is 6.11. The van der Waals surface area contributed by atoms with Crippen LogP contribution in [-0.4, -0.2) is 37.6 Å². The maximum atomic E-state index is 13.2. The number of carbonyl (C=O) groups excluding carboxylic acids is 3. The number of rotatable bonds is 8. The van der Waals surface area contributed by atoms with Gasteiger partial charge in [0.2, 0.25) is 0 Å². The molecule has 0 saturated heterocycles. The second-order valence-corrected chi connectivity index (χ2v) is 7.13. The SMILES string of the molecule is COCOC(=O)c1ccccc1-c1cc(OC(C)=O)ccc1C(=O)Nc1ccc(C(=N)N)cc1. The van der Waals surface area contributed by atoms with Crippen molar-refractivity contribution in [3.63, 3.8) is 0 Å². The van der Waals surface area contributed by atoms with E-state index in [0.29, 0.717) is 22.4 Å². The Hall–Kier alpha value is -4.50. The van der Waals surface area contributed by atoms with Crippen LogP contribution in [0.25, 0.3) is 11.1 Å². The summed E-state index contributed by atoms with van der Waals surface area (Å²) in [6.45, 7) is 1.03. The Bertz CT molecular complexity index is 1240. The van der Waals surface area contributed by atoms with E-state index in [1.807, 2.05) is 0 Å². The molecule has 0 atom stereocenters. The number of amides is 1.